The van der Waals surface area contributed by atoms with E-state index >= 15 is 0 Å². The average Bonchev–Trinajstić information content (AvgIpc) is 2.53. The van der Waals surface area contributed by atoms with E-state index in [9.17, 15) is 4.79 Å². The highest BCUT2D eigenvalue weighted by atomic mass is 16.6. The molecule has 2 saturated heterocycles. The Bertz CT molecular complexity index is 342. The minimum Gasteiger partial charge on any atom is -0.462 e. The van der Waals surface area contributed by atoms with Gasteiger partial charge in [-0.25, -0.2) is 0 Å². The number of hydrogen-bond acceptors (Lipinski definition) is 4. The SMILES string of the molecule is CCC1CN2C(C)(C)CC(OC(C)=O)CC2(C)O1. The summed E-state index contributed by atoms with van der Waals surface area (Å²) in [7, 11) is 0. The molecule has 0 radical (unpaired) electrons. The fourth-order valence-electron chi connectivity index (χ4n) is 3.59. The molecule has 104 valence electrons. The molecule has 0 aromatic rings. The van der Waals surface area contributed by atoms with E-state index in [1.165, 1.54) is 6.92 Å². The normalized spacial score (nSPS) is 39.4. The zero-order valence-corrected chi connectivity index (χ0v) is 12.2. The Morgan fingerprint density at radius 3 is 2.61 bits per heavy atom. The first-order valence-corrected chi connectivity index (χ1v) is 6.89. The Labute approximate surface area is 110 Å². The second-order valence-corrected chi connectivity index (χ2v) is 6.39. The molecule has 4 heteroatoms. The molecule has 0 saturated carbocycles. The lowest BCUT2D eigenvalue weighted by molar-refractivity contribution is -0.189. The Balaban J connectivity index is 2.18. The Hall–Kier alpha value is -0.610. The Morgan fingerprint density at radius 1 is 1.39 bits per heavy atom. The van der Waals surface area contributed by atoms with Gasteiger partial charge in [-0.15, -0.1) is 0 Å². The number of hydrogen-bond donors (Lipinski definition) is 0. The topological polar surface area (TPSA) is 38.8 Å². The van der Waals surface area contributed by atoms with Gasteiger partial charge in [0.2, 0.25) is 0 Å². The quantitative estimate of drug-likeness (QED) is 0.710. The second-order valence-electron chi connectivity index (χ2n) is 6.39. The van der Waals surface area contributed by atoms with Gasteiger partial charge in [0.25, 0.3) is 0 Å². The molecule has 0 amide bonds. The van der Waals surface area contributed by atoms with Crippen LogP contribution in [0.3, 0.4) is 0 Å². The lowest BCUT2D eigenvalue weighted by Gasteiger charge is -2.51. The molecule has 4 nitrogen and oxygen atoms in total. The van der Waals surface area contributed by atoms with Crippen LogP contribution >= 0.6 is 0 Å². The van der Waals surface area contributed by atoms with E-state index in [0.29, 0.717) is 6.10 Å². The van der Waals surface area contributed by atoms with Gasteiger partial charge in [-0.2, -0.15) is 0 Å². The maximum absolute atomic E-state index is 11.2. The number of carbonyl (C=O) groups is 1. The van der Waals surface area contributed by atoms with Crippen LogP contribution in [-0.2, 0) is 14.3 Å². The summed E-state index contributed by atoms with van der Waals surface area (Å²) in [5, 5.41) is 0. The molecule has 2 rings (SSSR count). The first kappa shape index (κ1) is 13.8. The highest BCUT2D eigenvalue weighted by Crippen LogP contribution is 2.45. The second kappa shape index (κ2) is 4.49. The first-order chi connectivity index (χ1) is 8.27. The highest BCUT2D eigenvalue weighted by Gasteiger charge is 2.54. The van der Waals surface area contributed by atoms with Gasteiger partial charge < -0.3 is 9.47 Å². The summed E-state index contributed by atoms with van der Waals surface area (Å²) in [5.74, 6) is -0.196. The van der Waals surface area contributed by atoms with Crippen molar-refractivity contribution in [2.24, 2.45) is 0 Å². The van der Waals surface area contributed by atoms with E-state index in [0.717, 1.165) is 25.8 Å². The largest absolute Gasteiger partial charge is 0.462 e. The van der Waals surface area contributed by atoms with Gasteiger partial charge in [0.15, 0.2) is 0 Å². The van der Waals surface area contributed by atoms with Crippen LogP contribution in [0.5, 0.6) is 0 Å². The molecule has 0 aromatic heterocycles. The molecule has 2 heterocycles. The van der Waals surface area contributed by atoms with Crippen molar-refractivity contribution in [2.75, 3.05) is 6.54 Å². The average molecular weight is 255 g/mol. The minimum absolute atomic E-state index is 0.0109. The smallest absolute Gasteiger partial charge is 0.302 e. The molecular weight excluding hydrogens is 230 g/mol. The summed E-state index contributed by atoms with van der Waals surface area (Å²) < 4.78 is 11.6. The van der Waals surface area contributed by atoms with Crippen molar-refractivity contribution in [3.05, 3.63) is 0 Å². The molecule has 3 atom stereocenters. The van der Waals surface area contributed by atoms with Crippen LogP contribution < -0.4 is 0 Å². The number of fused-ring (bicyclic) bond motifs is 1. The third-order valence-corrected chi connectivity index (χ3v) is 4.23. The Morgan fingerprint density at radius 2 is 2.06 bits per heavy atom. The molecule has 0 spiro atoms. The zero-order chi connectivity index (χ0) is 13.6. The third-order valence-electron chi connectivity index (χ3n) is 4.23. The lowest BCUT2D eigenvalue weighted by atomic mass is 9.83. The van der Waals surface area contributed by atoms with Gasteiger partial charge in [0.1, 0.15) is 11.8 Å². The van der Waals surface area contributed by atoms with E-state index in [1.807, 2.05) is 0 Å². The van der Waals surface area contributed by atoms with Crippen LogP contribution in [-0.4, -0.2) is 40.9 Å². The van der Waals surface area contributed by atoms with Crippen molar-refractivity contribution in [3.8, 4) is 0 Å². The molecular formula is C14H25NO3. The van der Waals surface area contributed by atoms with Crippen molar-refractivity contribution >= 4 is 5.97 Å². The predicted octanol–water partition coefficient (Wildman–Crippen LogP) is 2.32. The van der Waals surface area contributed by atoms with Gasteiger partial charge >= 0.3 is 5.97 Å². The van der Waals surface area contributed by atoms with Crippen molar-refractivity contribution in [2.45, 2.75) is 77.4 Å². The predicted molar refractivity (Wildman–Crippen MR) is 69.1 cm³/mol. The summed E-state index contributed by atoms with van der Waals surface area (Å²) in [6.07, 6.45) is 2.94. The maximum atomic E-state index is 11.2. The summed E-state index contributed by atoms with van der Waals surface area (Å²) in [4.78, 5) is 13.6. The molecule has 3 unspecified atom stereocenters. The van der Waals surface area contributed by atoms with Crippen LogP contribution in [0.2, 0.25) is 0 Å². The number of carbonyl (C=O) groups excluding carboxylic acids is 1. The standard InChI is InChI=1S/C14H25NO3/c1-6-11-9-15-13(3,4)7-12(17-10(2)16)8-14(15,5)18-11/h11-12H,6-9H2,1-5H3. The van der Waals surface area contributed by atoms with Crippen molar-refractivity contribution < 1.29 is 14.3 Å². The molecule has 0 N–H and O–H groups in total. The summed E-state index contributed by atoms with van der Waals surface area (Å²) in [5.41, 5.74) is -0.278. The van der Waals surface area contributed by atoms with E-state index < -0.39 is 0 Å². The third kappa shape index (κ3) is 2.41. The van der Waals surface area contributed by atoms with Gasteiger partial charge in [-0.3, -0.25) is 9.69 Å². The van der Waals surface area contributed by atoms with Gasteiger partial charge in [-0.1, -0.05) is 6.92 Å². The summed E-state index contributed by atoms with van der Waals surface area (Å²) >= 11 is 0. The van der Waals surface area contributed by atoms with Crippen molar-refractivity contribution in [1.29, 1.82) is 0 Å². The van der Waals surface area contributed by atoms with Gasteiger partial charge in [0.05, 0.1) is 6.10 Å². The van der Waals surface area contributed by atoms with E-state index in [1.54, 1.807) is 0 Å². The zero-order valence-electron chi connectivity index (χ0n) is 12.2. The maximum Gasteiger partial charge on any atom is 0.302 e. The molecule has 0 aromatic carbocycles. The van der Waals surface area contributed by atoms with E-state index in [4.69, 9.17) is 9.47 Å². The van der Waals surface area contributed by atoms with Crippen LogP contribution in [0.1, 0.15) is 53.9 Å². The number of nitrogens with zero attached hydrogens (tertiary/aromatic N) is 1. The minimum atomic E-state index is -0.289. The number of rotatable bonds is 2. The molecule has 0 aliphatic carbocycles. The van der Waals surface area contributed by atoms with E-state index in [-0.39, 0.29) is 23.3 Å². The molecule has 2 aliphatic heterocycles. The fraction of sp³-hybridized carbons (Fsp3) is 0.929. The van der Waals surface area contributed by atoms with Crippen LogP contribution in [0.4, 0.5) is 0 Å². The summed E-state index contributed by atoms with van der Waals surface area (Å²) in [6, 6.07) is 0. The van der Waals surface area contributed by atoms with Gasteiger partial charge in [0, 0.05) is 31.8 Å². The highest BCUT2D eigenvalue weighted by molar-refractivity contribution is 5.66. The van der Waals surface area contributed by atoms with Crippen LogP contribution in [0, 0.1) is 0 Å². The monoisotopic (exact) mass is 255 g/mol. The van der Waals surface area contributed by atoms with Crippen molar-refractivity contribution in [3.63, 3.8) is 0 Å². The fourth-order valence-corrected chi connectivity index (χ4v) is 3.59. The van der Waals surface area contributed by atoms with Crippen molar-refractivity contribution in [1.82, 2.24) is 4.90 Å². The van der Waals surface area contributed by atoms with Crippen LogP contribution in [0.25, 0.3) is 0 Å². The Kier molecular flexibility index (Phi) is 3.45. The van der Waals surface area contributed by atoms with Gasteiger partial charge in [-0.05, 0) is 27.2 Å². The molecule has 18 heavy (non-hydrogen) atoms. The molecule has 0 bridgehead atoms. The molecule has 2 aliphatic rings. The summed E-state index contributed by atoms with van der Waals surface area (Å²) in [6.45, 7) is 11.2. The van der Waals surface area contributed by atoms with E-state index in [2.05, 4.69) is 32.6 Å². The number of piperidine rings is 1. The van der Waals surface area contributed by atoms with Crippen LogP contribution in [0.15, 0.2) is 0 Å². The number of esters is 1. The molecule has 2 fully saturated rings. The lowest BCUT2D eigenvalue weighted by Crippen LogP contribution is -2.61. The number of ether oxygens (including phenoxy) is 2. The first-order valence-electron chi connectivity index (χ1n) is 6.89.